The molecule has 0 aliphatic heterocycles. The van der Waals surface area contributed by atoms with Crippen LogP contribution in [0.25, 0.3) is 0 Å². The van der Waals surface area contributed by atoms with Gasteiger partial charge in [-0.2, -0.15) is 0 Å². The number of hydrogen-bond donors (Lipinski definition) is 0. The van der Waals surface area contributed by atoms with E-state index in [1.54, 1.807) is 0 Å². The fourth-order valence-electron chi connectivity index (χ4n) is 3.36. The molecule has 0 aromatic heterocycles. The predicted octanol–water partition coefficient (Wildman–Crippen LogP) is 4.29. The van der Waals surface area contributed by atoms with Crippen molar-refractivity contribution in [3.8, 4) is 0 Å². The summed E-state index contributed by atoms with van der Waals surface area (Å²) in [6.07, 6.45) is 0. The van der Waals surface area contributed by atoms with Gasteiger partial charge in [-0.25, -0.2) is 0 Å². The van der Waals surface area contributed by atoms with Crippen molar-refractivity contribution < 1.29 is 3.50 Å². The van der Waals surface area contributed by atoms with Gasteiger partial charge in [0.15, 0.2) is 0 Å². The van der Waals surface area contributed by atoms with E-state index in [0.29, 0.717) is 4.00 Å². The zero-order valence-electron chi connectivity index (χ0n) is 10.5. The van der Waals surface area contributed by atoms with Crippen LogP contribution in [0.4, 0.5) is 3.50 Å². The third-order valence-electron chi connectivity index (χ3n) is 2.42. The minimum absolute atomic E-state index is 0.528. The van der Waals surface area contributed by atoms with Crippen molar-refractivity contribution in [3.05, 3.63) is 0 Å². The maximum atomic E-state index is 14.3. The van der Waals surface area contributed by atoms with Gasteiger partial charge in [-0.3, -0.25) is 0 Å². The van der Waals surface area contributed by atoms with Crippen molar-refractivity contribution in [2.75, 3.05) is 0 Å². The molecule has 0 heterocycles. The zero-order chi connectivity index (χ0) is 11.1. The molecule has 0 radical (unpaired) electrons. The molecule has 0 atom stereocenters. The van der Waals surface area contributed by atoms with Crippen LogP contribution < -0.4 is 0 Å². The monoisotopic (exact) mass is 282 g/mol. The Morgan fingerprint density at radius 2 is 1.08 bits per heavy atom. The fraction of sp³-hybridized carbons (Fsp3) is 1.00. The Hall–Kier alpha value is 0.907. The molecule has 0 unspecified atom stereocenters. The van der Waals surface area contributed by atoms with Gasteiger partial charge in [0, 0.05) is 0 Å². The number of hydrogen-bond acceptors (Lipinski definition) is 0. The first-order valence-electron chi connectivity index (χ1n) is 5.06. The molecule has 80 valence electrons. The summed E-state index contributed by atoms with van der Waals surface area (Å²) in [7, 11) is -2.57. The third-order valence-corrected chi connectivity index (χ3v) is 32.0. The molecule has 0 spiro atoms. The van der Waals surface area contributed by atoms with Gasteiger partial charge in [-0.1, -0.05) is 0 Å². The van der Waals surface area contributed by atoms with Crippen molar-refractivity contribution in [2.24, 2.45) is 0 Å². The Morgan fingerprint density at radius 3 is 1.08 bits per heavy atom. The van der Waals surface area contributed by atoms with Crippen molar-refractivity contribution in [1.82, 2.24) is 0 Å². The van der Waals surface area contributed by atoms with Crippen LogP contribution in [0.2, 0.25) is 54.8 Å². The Morgan fingerprint density at radius 1 is 0.846 bits per heavy atom. The van der Waals surface area contributed by atoms with Crippen LogP contribution in [0.3, 0.4) is 0 Å². The van der Waals surface area contributed by atoms with E-state index in [2.05, 4.69) is 39.3 Å². The Labute approximate surface area is 88.2 Å². The van der Waals surface area contributed by atoms with Crippen LogP contribution in [-0.4, -0.2) is 29.9 Å². The molecule has 0 amide bonds. The van der Waals surface area contributed by atoms with Crippen molar-refractivity contribution in [3.63, 3.8) is 0 Å². The van der Waals surface area contributed by atoms with E-state index in [-0.39, 0.29) is 0 Å². The van der Waals surface area contributed by atoms with E-state index < -0.39 is 29.9 Å². The first-order valence-corrected chi connectivity index (χ1v) is 18.4. The molecule has 0 aromatic rings. The molecule has 0 nitrogen and oxygen atoms in total. The van der Waals surface area contributed by atoms with Gasteiger partial charge in [0.1, 0.15) is 0 Å². The van der Waals surface area contributed by atoms with Crippen molar-refractivity contribution >= 4 is 29.9 Å². The molecule has 0 saturated heterocycles. The van der Waals surface area contributed by atoms with Crippen molar-refractivity contribution in [2.45, 2.75) is 54.8 Å². The zero-order valence-corrected chi connectivity index (χ0v) is 14.6. The van der Waals surface area contributed by atoms with E-state index in [1.165, 1.54) is 0 Å². The first-order chi connectivity index (χ1) is 5.37. The molecule has 13 heavy (non-hydrogen) atoms. The maximum absolute atomic E-state index is 14.3. The van der Waals surface area contributed by atoms with E-state index in [1.807, 2.05) is 11.5 Å². The normalized spacial score (nSPS) is 15.2. The third kappa shape index (κ3) is 4.30. The summed E-state index contributed by atoms with van der Waals surface area (Å²) in [5, 5.41) is 0. The Bertz CT molecular complexity index is 140. The SMILES string of the molecule is C[Si](C)(C)[CH]([Si](C)(C)C)[Ge]([CH3])([CH3])[F]. The summed E-state index contributed by atoms with van der Waals surface area (Å²) >= 11 is -2.94. The summed E-state index contributed by atoms with van der Waals surface area (Å²) in [5.74, 6) is 3.89. The molecule has 0 bridgehead atoms. The second-order valence-electron chi connectivity index (χ2n) is 6.73. The minimum atomic E-state index is -2.94. The van der Waals surface area contributed by atoms with Crippen LogP contribution in [0.1, 0.15) is 0 Å². The summed E-state index contributed by atoms with van der Waals surface area (Å²) < 4.78 is 14.8. The fourth-order valence-corrected chi connectivity index (χ4v) is 43.8. The number of rotatable bonds is 3. The molecule has 0 aliphatic carbocycles. The Kier molecular flexibility index (Phi) is 4.08. The molecular weight excluding hydrogens is 256 g/mol. The van der Waals surface area contributed by atoms with Crippen molar-refractivity contribution in [1.29, 1.82) is 0 Å². The molecule has 0 fully saturated rings. The van der Waals surface area contributed by atoms with Crippen LogP contribution in [-0.2, 0) is 0 Å². The second kappa shape index (κ2) is 3.81. The second-order valence-corrected chi connectivity index (χ2v) is 28.1. The summed E-state index contributed by atoms with van der Waals surface area (Å²) in [6.45, 7) is 14.0. The number of halogens is 1. The average molecular weight is 281 g/mol. The van der Waals surface area contributed by atoms with Crippen LogP contribution in [0, 0.1) is 0 Å². The molecule has 4 heteroatoms. The first kappa shape index (κ1) is 13.9. The van der Waals surface area contributed by atoms with Gasteiger partial charge in [0.05, 0.1) is 0 Å². The standard InChI is InChI=1S/C9H25FGeSi2/c1-11(2,10)9(12(3,4)5)13(6,7)8/h9H,1-8H3. The molecule has 0 aliphatic rings. The van der Waals surface area contributed by atoms with E-state index in [4.69, 9.17) is 0 Å². The molecule has 0 aromatic carbocycles. The predicted molar refractivity (Wildman–Crippen MR) is 69.0 cm³/mol. The Balaban J connectivity index is 5.02. The van der Waals surface area contributed by atoms with Crippen LogP contribution >= 0.6 is 0 Å². The molecule has 0 saturated carbocycles. The van der Waals surface area contributed by atoms with Gasteiger partial charge >= 0.3 is 88.2 Å². The summed E-state index contributed by atoms with van der Waals surface area (Å²) in [4.78, 5) is 0. The average Bonchev–Trinajstić information content (AvgIpc) is 1.44. The molecule has 0 N–H and O–H groups in total. The quantitative estimate of drug-likeness (QED) is 0.677. The van der Waals surface area contributed by atoms with E-state index >= 15 is 0 Å². The van der Waals surface area contributed by atoms with Gasteiger partial charge in [-0.05, 0) is 0 Å². The van der Waals surface area contributed by atoms with E-state index in [0.717, 1.165) is 0 Å². The van der Waals surface area contributed by atoms with Gasteiger partial charge < -0.3 is 0 Å². The van der Waals surface area contributed by atoms with Crippen LogP contribution in [0.15, 0.2) is 0 Å². The topological polar surface area (TPSA) is 0 Å². The van der Waals surface area contributed by atoms with Crippen LogP contribution in [0.5, 0.6) is 0 Å². The molecular formula is C9H25FGeSi2. The van der Waals surface area contributed by atoms with Gasteiger partial charge in [0.2, 0.25) is 0 Å². The van der Waals surface area contributed by atoms with Gasteiger partial charge in [-0.15, -0.1) is 0 Å². The molecule has 0 rings (SSSR count). The summed E-state index contributed by atoms with van der Waals surface area (Å²) in [6, 6.07) is 0. The summed E-state index contributed by atoms with van der Waals surface area (Å²) in [5.41, 5.74) is 0. The van der Waals surface area contributed by atoms with Gasteiger partial charge in [0.25, 0.3) is 0 Å². The van der Waals surface area contributed by atoms with E-state index in [9.17, 15) is 3.50 Å².